The van der Waals surface area contributed by atoms with Crippen LogP contribution in [0, 0.1) is 0 Å². The maximum Gasteiger partial charge on any atom is 0.0547 e. The van der Waals surface area contributed by atoms with E-state index in [0.717, 1.165) is 5.69 Å². The van der Waals surface area contributed by atoms with E-state index in [-0.39, 0.29) is 0 Å². The van der Waals surface area contributed by atoms with Crippen molar-refractivity contribution < 1.29 is 0 Å². The Balaban J connectivity index is 1.06. The van der Waals surface area contributed by atoms with E-state index in [1.165, 1.54) is 102 Å². The number of thiophene rings is 1. The second-order valence-electron chi connectivity index (χ2n) is 14.6. The van der Waals surface area contributed by atoms with Crippen molar-refractivity contribution in [2.24, 2.45) is 0 Å². The molecule has 12 aromatic rings. The molecule has 0 bridgehead atoms. The van der Waals surface area contributed by atoms with Crippen molar-refractivity contribution in [3.63, 3.8) is 0 Å². The van der Waals surface area contributed by atoms with Crippen LogP contribution in [0.4, 0.5) is 0 Å². The molecule has 9 aromatic carbocycles. The summed E-state index contributed by atoms with van der Waals surface area (Å²) in [7, 11) is 0. The van der Waals surface area contributed by atoms with Gasteiger partial charge >= 0.3 is 0 Å². The van der Waals surface area contributed by atoms with E-state index in [1.807, 2.05) is 11.3 Å². The van der Waals surface area contributed by atoms with Crippen LogP contribution >= 0.6 is 11.3 Å². The first-order chi connectivity index (χ1) is 27.2. The number of para-hydroxylation sites is 1. The van der Waals surface area contributed by atoms with Crippen molar-refractivity contribution in [1.29, 1.82) is 0 Å². The van der Waals surface area contributed by atoms with Gasteiger partial charge in [-0.25, -0.2) is 0 Å². The van der Waals surface area contributed by atoms with Crippen molar-refractivity contribution in [2.45, 2.75) is 0 Å². The number of rotatable bonds is 4. The van der Waals surface area contributed by atoms with Crippen LogP contribution in [0.1, 0.15) is 0 Å². The molecule has 3 aromatic heterocycles. The topological polar surface area (TPSA) is 9.86 Å². The summed E-state index contributed by atoms with van der Waals surface area (Å²) >= 11 is 1.87. The highest BCUT2D eigenvalue weighted by Gasteiger charge is 2.18. The van der Waals surface area contributed by atoms with Gasteiger partial charge in [0.1, 0.15) is 0 Å². The maximum absolute atomic E-state index is 2.47. The summed E-state index contributed by atoms with van der Waals surface area (Å²) in [5.74, 6) is 0. The molecule has 2 nitrogen and oxygen atoms in total. The number of hydrogen-bond acceptors (Lipinski definition) is 1. The largest absolute Gasteiger partial charge is 0.309 e. The Kier molecular flexibility index (Phi) is 6.54. The van der Waals surface area contributed by atoms with Crippen molar-refractivity contribution >= 4 is 85.9 Å². The van der Waals surface area contributed by atoms with E-state index in [1.54, 1.807) is 0 Å². The van der Waals surface area contributed by atoms with Crippen molar-refractivity contribution in [1.82, 2.24) is 9.13 Å². The van der Waals surface area contributed by atoms with Crippen LogP contribution in [-0.2, 0) is 0 Å². The van der Waals surface area contributed by atoms with E-state index in [9.17, 15) is 0 Å². The molecule has 0 aliphatic heterocycles. The number of fused-ring (bicyclic) bond motifs is 10. The Morgan fingerprint density at radius 2 is 0.836 bits per heavy atom. The highest BCUT2D eigenvalue weighted by Crippen LogP contribution is 2.41. The van der Waals surface area contributed by atoms with E-state index < -0.39 is 0 Å². The standard InChI is InChI=1S/C52H32N2S/c1-2-11-33(12-3-1)34-15-10-16-39(27-34)53-47-19-8-6-17-41(47)43-29-37(21-24-48(43)53)38-22-25-49-44(30-38)45-28-35-13-4-5-14-36(35)31-50(45)54(49)40-23-26-52-46(32-40)42-18-7-9-20-51(42)55-52/h1-32H. The van der Waals surface area contributed by atoms with Gasteiger partial charge in [0.05, 0.1) is 22.1 Å². The van der Waals surface area contributed by atoms with Crippen LogP contribution in [0.2, 0.25) is 0 Å². The lowest BCUT2D eigenvalue weighted by Gasteiger charge is -2.11. The average molecular weight is 717 g/mol. The van der Waals surface area contributed by atoms with Gasteiger partial charge in [0.25, 0.3) is 0 Å². The fraction of sp³-hybridized carbons (Fsp3) is 0. The molecule has 0 saturated carbocycles. The molecule has 0 atom stereocenters. The lowest BCUT2D eigenvalue weighted by atomic mass is 10.00. The summed E-state index contributed by atoms with van der Waals surface area (Å²) in [6, 6.07) is 71.6. The van der Waals surface area contributed by atoms with Gasteiger partial charge in [0.2, 0.25) is 0 Å². The molecule has 0 radical (unpaired) electrons. The smallest absolute Gasteiger partial charge is 0.0547 e. The van der Waals surface area contributed by atoms with Gasteiger partial charge < -0.3 is 9.13 Å². The minimum atomic E-state index is 1.16. The zero-order chi connectivity index (χ0) is 36.0. The Morgan fingerprint density at radius 1 is 0.273 bits per heavy atom. The van der Waals surface area contributed by atoms with Crippen LogP contribution in [0.25, 0.3) is 108 Å². The third-order valence-electron chi connectivity index (χ3n) is 11.5. The maximum atomic E-state index is 2.47. The normalized spacial score (nSPS) is 12.0. The monoisotopic (exact) mass is 716 g/mol. The number of benzene rings is 9. The summed E-state index contributed by atoms with van der Waals surface area (Å²) in [5.41, 5.74) is 12.1. The zero-order valence-electron chi connectivity index (χ0n) is 29.8. The van der Waals surface area contributed by atoms with Crippen LogP contribution in [0.5, 0.6) is 0 Å². The minimum absolute atomic E-state index is 1.16. The van der Waals surface area contributed by atoms with Gasteiger partial charge in [-0.2, -0.15) is 0 Å². The summed E-state index contributed by atoms with van der Waals surface area (Å²) < 4.78 is 7.52. The molecule has 55 heavy (non-hydrogen) atoms. The Bertz CT molecular complexity index is 3490. The fourth-order valence-electron chi connectivity index (χ4n) is 8.90. The molecule has 3 heterocycles. The van der Waals surface area contributed by atoms with Crippen molar-refractivity contribution in [3.05, 3.63) is 194 Å². The predicted molar refractivity (Wildman–Crippen MR) is 236 cm³/mol. The van der Waals surface area contributed by atoms with Crippen LogP contribution < -0.4 is 0 Å². The molecule has 0 unspecified atom stereocenters. The van der Waals surface area contributed by atoms with Crippen LogP contribution in [0.3, 0.4) is 0 Å². The van der Waals surface area contributed by atoms with Gasteiger partial charge in [-0.05, 0) is 112 Å². The quantitative estimate of drug-likeness (QED) is 0.172. The third kappa shape index (κ3) is 4.67. The molecule has 256 valence electrons. The number of aromatic nitrogens is 2. The molecule has 0 aliphatic carbocycles. The fourth-order valence-corrected chi connectivity index (χ4v) is 9.99. The van der Waals surface area contributed by atoms with Gasteiger partial charge in [0.15, 0.2) is 0 Å². The molecule has 0 aliphatic rings. The van der Waals surface area contributed by atoms with Crippen LogP contribution in [-0.4, -0.2) is 9.13 Å². The van der Waals surface area contributed by atoms with E-state index in [4.69, 9.17) is 0 Å². The molecular formula is C52H32N2S. The first kappa shape index (κ1) is 30.5. The first-order valence-electron chi connectivity index (χ1n) is 18.8. The molecule has 0 fully saturated rings. The third-order valence-corrected chi connectivity index (χ3v) is 12.6. The lowest BCUT2D eigenvalue weighted by Crippen LogP contribution is -1.94. The second kappa shape index (κ2) is 11.8. The van der Waals surface area contributed by atoms with Gasteiger partial charge in [0, 0.05) is 53.1 Å². The van der Waals surface area contributed by atoms with Crippen molar-refractivity contribution in [3.8, 4) is 33.6 Å². The Morgan fingerprint density at radius 3 is 1.65 bits per heavy atom. The second-order valence-corrected chi connectivity index (χ2v) is 15.6. The van der Waals surface area contributed by atoms with E-state index >= 15 is 0 Å². The number of nitrogens with zero attached hydrogens (tertiary/aromatic N) is 2. The summed E-state index contributed by atoms with van der Waals surface area (Å²) in [6.45, 7) is 0. The van der Waals surface area contributed by atoms with Crippen molar-refractivity contribution in [2.75, 3.05) is 0 Å². The first-order valence-corrected chi connectivity index (χ1v) is 19.6. The molecule has 0 amide bonds. The van der Waals surface area contributed by atoms with Gasteiger partial charge in [-0.15, -0.1) is 11.3 Å². The summed E-state index contributed by atoms with van der Waals surface area (Å²) in [5, 5.41) is 10.2. The molecular weight excluding hydrogens is 685 g/mol. The Hall–Kier alpha value is -6.94. The van der Waals surface area contributed by atoms with E-state index in [2.05, 4.69) is 203 Å². The molecule has 12 rings (SSSR count). The van der Waals surface area contributed by atoms with Gasteiger partial charge in [-0.3, -0.25) is 0 Å². The minimum Gasteiger partial charge on any atom is -0.309 e. The molecule has 0 N–H and O–H groups in total. The summed E-state index contributed by atoms with van der Waals surface area (Å²) in [4.78, 5) is 0. The van der Waals surface area contributed by atoms with E-state index in [0.29, 0.717) is 0 Å². The van der Waals surface area contributed by atoms with Gasteiger partial charge in [-0.1, -0.05) is 115 Å². The number of hydrogen-bond donors (Lipinski definition) is 0. The molecule has 3 heteroatoms. The zero-order valence-corrected chi connectivity index (χ0v) is 30.6. The molecule has 0 spiro atoms. The SMILES string of the molecule is c1ccc(-c2cccc(-n3c4ccccc4c4cc(-c5ccc6c(c5)c5cc7ccccc7cc5n6-c5ccc6sc7ccccc7c6c5)ccc43)c2)cc1. The van der Waals surface area contributed by atoms with Crippen LogP contribution in [0.15, 0.2) is 194 Å². The average Bonchev–Trinajstić information content (AvgIpc) is 3.90. The molecule has 0 saturated heterocycles. The Labute approximate surface area is 321 Å². The predicted octanol–water partition coefficient (Wildman–Crippen LogP) is 14.7. The highest BCUT2D eigenvalue weighted by atomic mass is 32.1. The lowest BCUT2D eigenvalue weighted by molar-refractivity contribution is 1.18. The highest BCUT2D eigenvalue weighted by molar-refractivity contribution is 7.25. The summed E-state index contributed by atoms with van der Waals surface area (Å²) in [6.07, 6.45) is 0.